The van der Waals surface area contributed by atoms with Crippen molar-refractivity contribution in [2.24, 2.45) is 0 Å². The van der Waals surface area contributed by atoms with E-state index >= 15 is 0 Å². The number of hydrogen-bond acceptors (Lipinski definition) is 7. The summed E-state index contributed by atoms with van der Waals surface area (Å²) < 4.78 is 84.1. The van der Waals surface area contributed by atoms with Gasteiger partial charge in [0, 0.05) is 16.2 Å². The summed E-state index contributed by atoms with van der Waals surface area (Å²) in [6.07, 6.45) is -12.4. The topological polar surface area (TPSA) is 126 Å². The fourth-order valence-corrected chi connectivity index (χ4v) is 4.72. The van der Waals surface area contributed by atoms with Gasteiger partial charge in [-0.25, -0.2) is 4.79 Å². The number of nitrogens with one attached hydrogen (secondary N) is 3. The van der Waals surface area contributed by atoms with E-state index < -0.39 is 60.2 Å². The third-order valence-corrected chi connectivity index (χ3v) is 6.50. The molecule has 1 heterocycles. The molecule has 0 aliphatic carbocycles. The van der Waals surface area contributed by atoms with E-state index in [0.29, 0.717) is 10.5 Å². The van der Waals surface area contributed by atoms with Crippen molar-refractivity contribution in [2.45, 2.75) is 62.8 Å². The van der Waals surface area contributed by atoms with Crippen molar-refractivity contribution in [1.82, 2.24) is 16.2 Å². The number of ether oxygens (including phenoxy) is 2. The lowest BCUT2D eigenvalue weighted by Crippen LogP contribution is -2.50. The van der Waals surface area contributed by atoms with Crippen LogP contribution in [0.5, 0.6) is 5.75 Å². The summed E-state index contributed by atoms with van der Waals surface area (Å²) >= 11 is 1.15. The first-order chi connectivity index (χ1) is 19.8. The minimum Gasteiger partial charge on any atom is -0.444 e. The molecule has 10 nitrogen and oxygen atoms in total. The molecule has 2 aromatic rings. The molecule has 4 amide bonds. The number of nitrogens with zero attached hydrogens (tertiary/aromatic N) is 1. The molecular formula is C26H26F6N4O6S. The van der Waals surface area contributed by atoms with Crippen LogP contribution < -0.4 is 25.8 Å². The minimum atomic E-state index is -4.91. The van der Waals surface area contributed by atoms with E-state index in [1.165, 1.54) is 35.2 Å². The number of alkyl halides is 6. The van der Waals surface area contributed by atoms with E-state index in [-0.39, 0.29) is 23.5 Å². The van der Waals surface area contributed by atoms with Crippen LogP contribution in [0.15, 0.2) is 47.4 Å². The van der Waals surface area contributed by atoms with Crippen LogP contribution in [-0.2, 0) is 20.9 Å². The molecule has 3 rings (SSSR count). The van der Waals surface area contributed by atoms with Gasteiger partial charge >= 0.3 is 18.6 Å². The Morgan fingerprint density at radius 2 is 1.63 bits per heavy atom. The number of carbonyl (C=O) groups excluding carboxylic acids is 4. The number of thioether (sulfide) groups is 1. The second-order valence-electron chi connectivity index (χ2n) is 10.1. The fourth-order valence-electron chi connectivity index (χ4n) is 3.66. The normalized spacial score (nSPS) is 15.6. The van der Waals surface area contributed by atoms with Crippen molar-refractivity contribution in [2.75, 3.05) is 10.7 Å². The quantitative estimate of drug-likeness (QED) is 0.306. The molecule has 0 saturated carbocycles. The van der Waals surface area contributed by atoms with Crippen LogP contribution in [0.3, 0.4) is 0 Å². The van der Waals surface area contributed by atoms with Gasteiger partial charge in [-0.3, -0.25) is 25.2 Å². The molecule has 234 valence electrons. The number of amides is 4. The third kappa shape index (κ3) is 10.6. The van der Waals surface area contributed by atoms with E-state index in [0.717, 1.165) is 23.9 Å². The molecule has 1 atom stereocenters. The predicted molar refractivity (Wildman–Crippen MR) is 141 cm³/mol. The first-order valence-corrected chi connectivity index (χ1v) is 13.4. The van der Waals surface area contributed by atoms with Crippen molar-refractivity contribution in [1.29, 1.82) is 0 Å². The van der Waals surface area contributed by atoms with Crippen LogP contribution in [0.2, 0.25) is 0 Å². The molecule has 0 fully saturated rings. The molecule has 17 heteroatoms. The Labute approximate surface area is 245 Å². The number of alkyl carbamates (subject to hydrolysis) is 1. The van der Waals surface area contributed by atoms with E-state index in [2.05, 4.69) is 10.1 Å². The zero-order valence-electron chi connectivity index (χ0n) is 22.8. The third-order valence-electron chi connectivity index (χ3n) is 5.35. The van der Waals surface area contributed by atoms with Crippen LogP contribution in [-0.4, -0.2) is 53.7 Å². The van der Waals surface area contributed by atoms with Gasteiger partial charge < -0.3 is 19.7 Å². The molecule has 1 aliphatic rings. The van der Waals surface area contributed by atoms with E-state index in [4.69, 9.17) is 4.74 Å². The summed E-state index contributed by atoms with van der Waals surface area (Å²) in [4.78, 5) is 51.9. The monoisotopic (exact) mass is 636 g/mol. The number of halogens is 6. The van der Waals surface area contributed by atoms with Crippen LogP contribution in [0, 0.1) is 0 Å². The second-order valence-corrected chi connectivity index (χ2v) is 11.2. The van der Waals surface area contributed by atoms with E-state index in [1.54, 1.807) is 26.2 Å². The van der Waals surface area contributed by atoms with Crippen LogP contribution in [0.25, 0.3) is 0 Å². The average molecular weight is 637 g/mol. The average Bonchev–Trinajstić information content (AvgIpc) is 2.97. The van der Waals surface area contributed by atoms with Gasteiger partial charge in [0.05, 0.1) is 12.2 Å². The largest absolute Gasteiger partial charge is 0.573 e. The Balaban J connectivity index is 1.90. The minimum absolute atomic E-state index is 0.0407. The Morgan fingerprint density at radius 3 is 2.21 bits per heavy atom. The summed E-state index contributed by atoms with van der Waals surface area (Å²) in [6, 6.07) is 7.56. The summed E-state index contributed by atoms with van der Waals surface area (Å²) in [5.74, 6) is -3.60. The van der Waals surface area contributed by atoms with Crippen LogP contribution in [0.1, 0.15) is 43.1 Å². The molecule has 0 spiro atoms. The molecule has 3 N–H and O–H groups in total. The highest BCUT2D eigenvalue weighted by Gasteiger charge is 2.35. The lowest BCUT2D eigenvalue weighted by molar-refractivity contribution is -0.274. The lowest BCUT2D eigenvalue weighted by Gasteiger charge is -2.27. The highest BCUT2D eigenvalue weighted by atomic mass is 32.2. The highest BCUT2D eigenvalue weighted by molar-refractivity contribution is 7.99. The summed E-state index contributed by atoms with van der Waals surface area (Å²) in [5.41, 5.74) is 3.04. The van der Waals surface area contributed by atoms with Crippen LogP contribution >= 0.6 is 11.8 Å². The Morgan fingerprint density at radius 1 is 0.977 bits per heavy atom. The fraction of sp³-hybridized carbons (Fsp3) is 0.385. The van der Waals surface area contributed by atoms with Crippen molar-refractivity contribution in [3.05, 3.63) is 53.6 Å². The molecule has 0 bridgehead atoms. The molecule has 1 aliphatic heterocycles. The standard InChI is InChI=1S/C26H26F6N4O6S/c1-24(2,3)42-23(40)33-17-13-43-19-9-6-15(21(38)35-34-20(37)11-25(27,28)29)10-18(19)36(22(17)39)12-14-4-7-16(8-5-14)41-26(30,31)32/h4-10,17H,11-13H2,1-3H3,(H,33,40)(H,34,37)(H,35,38)/t17-/m0/s1. The van der Waals surface area contributed by atoms with Gasteiger partial charge in [-0.05, 0) is 56.7 Å². The summed E-state index contributed by atoms with van der Waals surface area (Å²) in [5, 5.41) is 2.50. The van der Waals surface area contributed by atoms with Crippen molar-refractivity contribution in [3.63, 3.8) is 0 Å². The number of hydrogen-bond donors (Lipinski definition) is 3. The predicted octanol–water partition coefficient (Wildman–Crippen LogP) is 4.83. The zero-order valence-corrected chi connectivity index (χ0v) is 23.6. The van der Waals surface area contributed by atoms with Crippen LogP contribution in [0.4, 0.5) is 36.8 Å². The van der Waals surface area contributed by atoms with Gasteiger partial charge in [0.25, 0.3) is 11.8 Å². The van der Waals surface area contributed by atoms with Crippen molar-refractivity contribution >= 4 is 41.3 Å². The lowest BCUT2D eigenvalue weighted by atomic mass is 10.1. The second kappa shape index (κ2) is 13.0. The molecule has 0 unspecified atom stereocenters. The number of carbonyl (C=O) groups is 4. The molecule has 0 radical (unpaired) electrons. The van der Waals surface area contributed by atoms with Crippen molar-refractivity contribution in [3.8, 4) is 5.75 Å². The number of benzene rings is 2. The van der Waals surface area contributed by atoms with E-state index in [1.807, 2.05) is 5.43 Å². The number of fused-ring (bicyclic) bond motifs is 1. The number of hydrazine groups is 1. The Bertz CT molecular complexity index is 1360. The van der Waals surface area contributed by atoms with Gasteiger partial charge in [-0.2, -0.15) is 13.2 Å². The Hall–Kier alpha value is -4.15. The molecule has 43 heavy (non-hydrogen) atoms. The zero-order chi connectivity index (χ0) is 32.2. The first-order valence-electron chi connectivity index (χ1n) is 12.4. The molecular weight excluding hydrogens is 610 g/mol. The van der Waals surface area contributed by atoms with Gasteiger partial charge in [0.15, 0.2) is 0 Å². The summed E-state index contributed by atoms with van der Waals surface area (Å²) in [7, 11) is 0. The maximum Gasteiger partial charge on any atom is 0.573 e. The molecule has 0 saturated heterocycles. The maximum absolute atomic E-state index is 13.7. The summed E-state index contributed by atoms with van der Waals surface area (Å²) in [6.45, 7) is 4.66. The SMILES string of the molecule is CC(C)(C)OC(=O)N[C@H]1CSc2ccc(C(=O)NNC(=O)CC(F)(F)F)cc2N(Cc2ccc(OC(F)(F)F)cc2)C1=O. The van der Waals surface area contributed by atoms with Gasteiger partial charge in [0.2, 0.25) is 5.91 Å². The number of anilines is 1. The van der Waals surface area contributed by atoms with Gasteiger partial charge in [0.1, 0.15) is 23.8 Å². The maximum atomic E-state index is 13.7. The highest BCUT2D eigenvalue weighted by Crippen LogP contribution is 2.36. The van der Waals surface area contributed by atoms with E-state index in [9.17, 15) is 45.5 Å². The number of rotatable bonds is 6. The Kier molecular flexibility index (Phi) is 10.1. The van der Waals surface area contributed by atoms with Crippen molar-refractivity contribution < 1.29 is 55.0 Å². The smallest absolute Gasteiger partial charge is 0.444 e. The van der Waals surface area contributed by atoms with Gasteiger partial charge in [-0.1, -0.05) is 12.1 Å². The molecule has 0 aromatic heterocycles. The van der Waals surface area contributed by atoms with Gasteiger partial charge in [-0.15, -0.1) is 24.9 Å². The molecule has 2 aromatic carbocycles. The first kappa shape index (κ1) is 33.4.